The van der Waals surface area contributed by atoms with Crippen LogP contribution in [0.4, 0.5) is 10.7 Å². The van der Waals surface area contributed by atoms with E-state index in [4.69, 9.17) is 4.74 Å². The van der Waals surface area contributed by atoms with Gasteiger partial charge in [-0.05, 0) is 6.92 Å². The van der Waals surface area contributed by atoms with Crippen LogP contribution in [0.25, 0.3) is 0 Å². The predicted molar refractivity (Wildman–Crippen MR) is 84.4 cm³/mol. The first-order valence-electron chi connectivity index (χ1n) is 6.83. The normalized spacial score (nSPS) is 18.1. The summed E-state index contributed by atoms with van der Waals surface area (Å²) >= 11 is 0.899. The van der Waals surface area contributed by atoms with E-state index in [0.717, 1.165) is 36.7 Å². The molecule has 1 aliphatic heterocycles. The Morgan fingerprint density at radius 2 is 2.14 bits per heavy atom. The first-order valence-corrected chi connectivity index (χ1v) is 9.54. The highest BCUT2D eigenvalue weighted by molar-refractivity contribution is 7.92. The van der Waals surface area contributed by atoms with Gasteiger partial charge in [0.1, 0.15) is 4.21 Å². The lowest BCUT2D eigenvalue weighted by molar-refractivity contribution is -0.383. The summed E-state index contributed by atoms with van der Waals surface area (Å²) in [7, 11) is -3.45. The van der Waals surface area contributed by atoms with Crippen LogP contribution in [0.2, 0.25) is 0 Å². The molecule has 2 rings (SSSR count). The van der Waals surface area contributed by atoms with Gasteiger partial charge in [-0.25, -0.2) is 8.42 Å². The summed E-state index contributed by atoms with van der Waals surface area (Å²) in [6, 6.07) is 1.29. The number of sulfone groups is 1. The number of nitrogens with zero attached hydrogens (tertiary/aromatic N) is 2. The molecule has 0 bridgehead atoms. The summed E-state index contributed by atoms with van der Waals surface area (Å²) in [6.07, 6.45) is 1.04. The summed E-state index contributed by atoms with van der Waals surface area (Å²) in [5, 5.41) is 14.4. The van der Waals surface area contributed by atoms with E-state index in [1.807, 2.05) is 6.92 Å². The highest BCUT2D eigenvalue weighted by atomic mass is 32.2. The molecule has 0 spiro atoms. The fourth-order valence-corrected chi connectivity index (χ4v) is 4.14. The number of morpholine rings is 1. The quantitative estimate of drug-likeness (QED) is 0.608. The van der Waals surface area contributed by atoms with Crippen LogP contribution in [0.5, 0.6) is 0 Å². The second-order valence-corrected chi connectivity index (χ2v) is 8.48. The van der Waals surface area contributed by atoms with Crippen LogP contribution >= 0.6 is 11.3 Å². The molecular weight excluding hydrogens is 330 g/mol. The Labute approximate surface area is 133 Å². The topological polar surface area (TPSA) is 102 Å². The molecule has 8 nitrogen and oxygen atoms in total. The number of thiophene rings is 1. The molecule has 2 heterocycles. The van der Waals surface area contributed by atoms with Crippen molar-refractivity contribution in [2.45, 2.75) is 17.2 Å². The monoisotopic (exact) mass is 349 g/mol. The van der Waals surface area contributed by atoms with E-state index < -0.39 is 14.8 Å². The number of ether oxygens (including phenoxy) is 1. The van der Waals surface area contributed by atoms with E-state index in [-0.39, 0.29) is 20.9 Å². The number of hydrogen-bond donors (Lipinski definition) is 1. The Balaban J connectivity index is 2.08. The average molecular weight is 349 g/mol. The number of nitrogens with one attached hydrogen (secondary N) is 1. The molecule has 1 aromatic rings. The maximum absolute atomic E-state index is 11.5. The maximum atomic E-state index is 11.5. The van der Waals surface area contributed by atoms with E-state index in [9.17, 15) is 18.5 Å². The molecule has 1 aliphatic rings. The molecule has 0 aliphatic carbocycles. The van der Waals surface area contributed by atoms with Crippen molar-refractivity contribution in [2.75, 3.05) is 44.4 Å². The van der Waals surface area contributed by atoms with Crippen molar-refractivity contribution in [3.05, 3.63) is 16.2 Å². The van der Waals surface area contributed by atoms with Gasteiger partial charge in [0.15, 0.2) is 14.8 Å². The summed E-state index contributed by atoms with van der Waals surface area (Å²) in [5.41, 5.74) is -0.195. The van der Waals surface area contributed by atoms with Gasteiger partial charge in [-0.15, -0.1) is 0 Å². The summed E-state index contributed by atoms with van der Waals surface area (Å²) in [4.78, 5) is 12.7. The van der Waals surface area contributed by atoms with Crippen LogP contribution in [0, 0.1) is 10.1 Å². The lowest BCUT2D eigenvalue weighted by Crippen LogP contribution is -2.44. The van der Waals surface area contributed by atoms with Crippen molar-refractivity contribution in [2.24, 2.45) is 0 Å². The smallest absolute Gasteiger partial charge is 0.304 e. The minimum atomic E-state index is -3.45. The van der Waals surface area contributed by atoms with Crippen molar-refractivity contribution in [1.29, 1.82) is 0 Å². The van der Waals surface area contributed by atoms with Gasteiger partial charge in [0, 0.05) is 38.0 Å². The first kappa shape index (κ1) is 17.1. The lowest BCUT2D eigenvalue weighted by atomic mass is 10.2. The van der Waals surface area contributed by atoms with E-state index in [1.54, 1.807) is 0 Å². The van der Waals surface area contributed by atoms with Crippen molar-refractivity contribution >= 4 is 31.9 Å². The first-order chi connectivity index (χ1) is 10.3. The summed E-state index contributed by atoms with van der Waals surface area (Å²) in [6.45, 7) is 5.54. The minimum Gasteiger partial charge on any atom is -0.379 e. The molecule has 1 saturated heterocycles. The number of hydrogen-bond acceptors (Lipinski definition) is 8. The largest absolute Gasteiger partial charge is 0.379 e. The van der Waals surface area contributed by atoms with Crippen molar-refractivity contribution in [3.8, 4) is 0 Å². The number of anilines is 1. The molecule has 1 aromatic heterocycles. The third-order valence-electron chi connectivity index (χ3n) is 3.48. The van der Waals surface area contributed by atoms with Gasteiger partial charge in [-0.1, -0.05) is 11.3 Å². The van der Waals surface area contributed by atoms with Crippen LogP contribution in [0.1, 0.15) is 6.92 Å². The van der Waals surface area contributed by atoms with Crippen LogP contribution in [-0.4, -0.2) is 63.4 Å². The SMILES string of the molecule is CC(CNc1sc(S(C)(=O)=O)cc1[N+](=O)[O-])N1CCOCC1. The molecule has 0 radical (unpaired) electrons. The van der Waals surface area contributed by atoms with E-state index in [2.05, 4.69) is 10.2 Å². The van der Waals surface area contributed by atoms with Gasteiger partial charge in [0.05, 0.1) is 18.1 Å². The Bertz CT molecular complexity index is 637. The Morgan fingerprint density at radius 1 is 1.50 bits per heavy atom. The molecule has 124 valence electrons. The van der Waals surface area contributed by atoms with E-state index >= 15 is 0 Å². The second kappa shape index (κ2) is 6.90. The molecule has 1 atom stereocenters. The highest BCUT2D eigenvalue weighted by Gasteiger charge is 2.24. The number of nitro groups is 1. The Hall–Kier alpha value is -1.23. The minimum absolute atomic E-state index is 0.000672. The van der Waals surface area contributed by atoms with Crippen LogP contribution in [-0.2, 0) is 14.6 Å². The van der Waals surface area contributed by atoms with Gasteiger partial charge < -0.3 is 10.1 Å². The lowest BCUT2D eigenvalue weighted by Gasteiger charge is -2.32. The highest BCUT2D eigenvalue weighted by Crippen LogP contribution is 2.36. The zero-order valence-electron chi connectivity index (χ0n) is 12.4. The van der Waals surface area contributed by atoms with Crippen LogP contribution in [0.15, 0.2) is 10.3 Å². The Morgan fingerprint density at radius 3 is 2.68 bits per heavy atom. The third-order valence-corrected chi connectivity index (χ3v) is 6.36. The van der Waals surface area contributed by atoms with Crippen LogP contribution < -0.4 is 5.32 Å². The van der Waals surface area contributed by atoms with E-state index in [1.165, 1.54) is 0 Å². The Kier molecular flexibility index (Phi) is 5.37. The molecular formula is C12H19N3O5S2. The van der Waals surface area contributed by atoms with E-state index in [0.29, 0.717) is 19.8 Å². The van der Waals surface area contributed by atoms with Gasteiger partial charge >= 0.3 is 5.69 Å². The van der Waals surface area contributed by atoms with Crippen molar-refractivity contribution < 1.29 is 18.1 Å². The predicted octanol–water partition coefficient (Wildman–Crippen LogP) is 1.19. The summed E-state index contributed by atoms with van der Waals surface area (Å²) < 4.78 is 28.4. The van der Waals surface area contributed by atoms with Gasteiger partial charge in [-0.2, -0.15) is 0 Å². The van der Waals surface area contributed by atoms with Gasteiger partial charge in [0.2, 0.25) is 0 Å². The molecule has 1 N–H and O–H groups in total. The fraction of sp³-hybridized carbons (Fsp3) is 0.667. The fourth-order valence-electron chi connectivity index (χ4n) is 2.19. The summed E-state index contributed by atoms with van der Waals surface area (Å²) in [5.74, 6) is 0. The van der Waals surface area contributed by atoms with Crippen LogP contribution in [0.3, 0.4) is 0 Å². The molecule has 0 saturated carbocycles. The standard InChI is InChI=1S/C12H19N3O5S2/c1-9(14-3-5-20-6-4-14)8-13-12-10(15(16)17)7-11(21-12)22(2,18)19/h7,9,13H,3-6,8H2,1-2H3. The van der Waals surface area contributed by atoms with Crippen molar-refractivity contribution in [1.82, 2.24) is 4.90 Å². The van der Waals surface area contributed by atoms with Gasteiger partial charge in [-0.3, -0.25) is 15.0 Å². The molecule has 1 unspecified atom stereocenters. The maximum Gasteiger partial charge on any atom is 0.304 e. The second-order valence-electron chi connectivity index (χ2n) is 5.19. The third kappa shape index (κ3) is 4.15. The zero-order chi connectivity index (χ0) is 16.3. The molecule has 0 aromatic carbocycles. The van der Waals surface area contributed by atoms with Crippen molar-refractivity contribution in [3.63, 3.8) is 0 Å². The number of rotatable bonds is 6. The molecule has 1 fully saturated rings. The average Bonchev–Trinajstić information content (AvgIpc) is 2.90. The van der Waals surface area contributed by atoms with Gasteiger partial charge in [0.25, 0.3) is 0 Å². The molecule has 22 heavy (non-hydrogen) atoms. The molecule has 0 amide bonds. The zero-order valence-corrected chi connectivity index (χ0v) is 14.1. The molecule has 10 heteroatoms.